The highest BCUT2D eigenvalue weighted by Gasteiger charge is 2.17. The third-order valence-corrected chi connectivity index (χ3v) is 1.87. The zero-order chi connectivity index (χ0) is 13.1. The first-order valence-electron chi connectivity index (χ1n) is 5.19. The van der Waals surface area contributed by atoms with E-state index < -0.39 is 23.3 Å². The molecule has 5 heteroatoms. The van der Waals surface area contributed by atoms with Crippen LogP contribution >= 0.6 is 0 Å². The van der Waals surface area contributed by atoms with Gasteiger partial charge in [-0.25, -0.2) is 13.6 Å². The molecule has 0 bridgehead atoms. The Morgan fingerprint density at radius 2 is 1.82 bits per heavy atom. The largest absolute Gasteiger partial charge is 0.444 e. The number of carbonyl (C=O) groups is 1. The number of halogens is 2. The van der Waals surface area contributed by atoms with Crippen molar-refractivity contribution in [1.29, 1.82) is 0 Å². The Kier molecular flexibility index (Phi) is 4.04. The maximum atomic E-state index is 13.2. The number of carbonyl (C=O) groups excluding carboxylic acids is 1. The van der Waals surface area contributed by atoms with Gasteiger partial charge in [-0.3, -0.25) is 0 Å². The number of ether oxygens (including phenoxy) is 1. The van der Waals surface area contributed by atoms with Crippen molar-refractivity contribution >= 4 is 6.09 Å². The minimum atomic E-state index is -0.708. The fraction of sp³-hybridized carbons (Fsp3) is 0.417. The van der Waals surface area contributed by atoms with Gasteiger partial charge < -0.3 is 10.1 Å². The highest BCUT2D eigenvalue weighted by Crippen LogP contribution is 2.12. The molecule has 94 valence electrons. The molecule has 0 fully saturated rings. The average molecular weight is 243 g/mol. The second kappa shape index (κ2) is 5.12. The van der Waals surface area contributed by atoms with Crippen LogP contribution in [0.1, 0.15) is 26.3 Å². The zero-order valence-electron chi connectivity index (χ0n) is 10.0. The molecule has 0 radical (unpaired) electrons. The van der Waals surface area contributed by atoms with Gasteiger partial charge in [-0.05, 0) is 32.9 Å². The Morgan fingerprint density at radius 1 is 1.29 bits per heavy atom. The van der Waals surface area contributed by atoms with E-state index in [2.05, 4.69) is 5.32 Å². The van der Waals surface area contributed by atoms with Crippen LogP contribution in [0.4, 0.5) is 13.6 Å². The van der Waals surface area contributed by atoms with E-state index in [0.29, 0.717) is 0 Å². The van der Waals surface area contributed by atoms with E-state index in [-0.39, 0.29) is 12.1 Å². The lowest BCUT2D eigenvalue weighted by atomic mass is 10.2. The molecule has 0 aliphatic carbocycles. The van der Waals surface area contributed by atoms with Crippen LogP contribution < -0.4 is 5.32 Å². The second-order valence-electron chi connectivity index (χ2n) is 4.56. The number of amides is 1. The fourth-order valence-corrected chi connectivity index (χ4v) is 1.18. The summed E-state index contributed by atoms with van der Waals surface area (Å²) in [6.45, 7) is 4.87. The fourth-order valence-electron chi connectivity index (χ4n) is 1.18. The third-order valence-electron chi connectivity index (χ3n) is 1.87. The quantitative estimate of drug-likeness (QED) is 0.867. The first-order valence-corrected chi connectivity index (χ1v) is 5.19. The monoisotopic (exact) mass is 243 g/mol. The van der Waals surface area contributed by atoms with Crippen LogP contribution in [0.5, 0.6) is 0 Å². The molecule has 1 aromatic carbocycles. The molecule has 3 nitrogen and oxygen atoms in total. The highest BCUT2D eigenvalue weighted by molar-refractivity contribution is 5.67. The van der Waals surface area contributed by atoms with Gasteiger partial charge in [0.05, 0.1) is 6.54 Å². The molecule has 0 saturated heterocycles. The molecule has 1 rings (SSSR count). The number of alkyl carbamates (subject to hydrolysis) is 1. The third kappa shape index (κ3) is 4.38. The minimum absolute atomic E-state index is 0.182. The van der Waals surface area contributed by atoms with E-state index in [1.807, 2.05) is 0 Å². The van der Waals surface area contributed by atoms with Crippen molar-refractivity contribution in [2.45, 2.75) is 32.9 Å². The summed E-state index contributed by atoms with van der Waals surface area (Å²) in [7, 11) is 0. The Balaban J connectivity index is 2.59. The number of benzene rings is 1. The van der Waals surface area contributed by atoms with Gasteiger partial charge in [-0.1, -0.05) is 6.07 Å². The lowest BCUT2D eigenvalue weighted by molar-refractivity contribution is 0.0523. The summed E-state index contributed by atoms with van der Waals surface area (Å²) in [6.07, 6.45) is -0.708. The second-order valence-corrected chi connectivity index (χ2v) is 4.56. The molecule has 0 aromatic heterocycles. The van der Waals surface area contributed by atoms with Crippen molar-refractivity contribution in [3.05, 3.63) is 35.4 Å². The van der Waals surface area contributed by atoms with Crippen LogP contribution in [0.3, 0.4) is 0 Å². The molecule has 1 N–H and O–H groups in total. The Bertz CT molecular complexity index is 393. The first-order chi connectivity index (χ1) is 7.79. The van der Waals surface area contributed by atoms with Crippen molar-refractivity contribution in [1.82, 2.24) is 5.32 Å². The summed E-state index contributed by atoms with van der Waals surface area (Å²) in [5, 5.41) is 2.30. The summed E-state index contributed by atoms with van der Waals surface area (Å²) < 4.78 is 31.4. The summed E-state index contributed by atoms with van der Waals surface area (Å²) >= 11 is 0. The number of rotatable bonds is 2. The van der Waals surface area contributed by atoms with Crippen LogP contribution in [-0.2, 0) is 11.3 Å². The average Bonchev–Trinajstić information content (AvgIpc) is 2.14. The van der Waals surface area contributed by atoms with Crippen LogP contribution in [-0.4, -0.2) is 11.7 Å². The topological polar surface area (TPSA) is 38.3 Å². The molecule has 1 aromatic rings. The maximum absolute atomic E-state index is 13.2. The summed E-state index contributed by atoms with van der Waals surface area (Å²) in [5.74, 6) is -1.39. The van der Waals surface area contributed by atoms with Crippen LogP contribution in [0, 0.1) is 11.6 Å². The predicted octanol–water partition coefficient (Wildman–Crippen LogP) is 2.99. The molecule has 0 aliphatic rings. The van der Waals surface area contributed by atoms with Crippen molar-refractivity contribution in [3.8, 4) is 0 Å². The SMILES string of the molecule is CC(C)(C)OC(=O)NCc1c(F)cccc1F. The van der Waals surface area contributed by atoms with E-state index in [9.17, 15) is 13.6 Å². The van der Waals surface area contributed by atoms with Gasteiger partial charge in [0.15, 0.2) is 0 Å². The van der Waals surface area contributed by atoms with Crippen molar-refractivity contribution in [2.24, 2.45) is 0 Å². The molecule has 1 amide bonds. The number of nitrogens with one attached hydrogen (secondary N) is 1. The number of hydrogen-bond acceptors (Lipinski definition) is 2. The van der Waals surface area contributed by atoms with E-state index in [1.165, 1.54) is 6.07 Å². The normalized spacial score (nSPS) is 11.1. The standard InChI is InChI=1S/C12H15F2NO2/c1-12(2,3)17-11(16)15-7-8-9(13)5-4-6-10(8)14/h4-6H,7H2,1-3H3,(H,15,16). The lowest BCUT2D eigenvalue weighted by Crippen LogP contribution is -2.32. The molecular weight excluding hydrogens is 228 g/mol. The van der Waals surface area contributed by atoms with Gasteiger partial charge in [-0.2, -0.15) is 0 Å². The van der Waals surface area contributed by atoms with Gasteiger partial charge in [0.25, 0.3) is 0 Å². The molecule has 0 heterocycles. The minimum Gasteiger partial charge on any atom is -0.444 e. The summed E-state index contributed by atoms with van der Waals surface area (Å²) in [6, 6.07) is 3.53. The molecule has 0 aliphatic heterocycles. The molecular formula is C12H15F2NO2. The summed E-state index contributed by atoms with van der Waals surface area (Å²) in [5.41, 5.74) is -0.823. The first kappa shape index (κ1) is 13.4. The van der Waals surface area contributed by atoms with Gasteiger partial charge in [0.1, 0.15) is 17.2 Å². The van der Waals surface area contributed by atoms with E-state index >= 15 is 0 Å². The molecule has 17 heavy (non-hydrogen) atoms. The Hall–Kier alpha value is -1.65. The van der Waals surface area contributed by atoms with Crippen LogP contribution in [0.2, 0.25) is 0 Å². The van der Waals surface area contributed by atoms with E-state index in [1.54, 1.807) is 20.8 Å². The predicted molar refractivity (Wildman–Crippen MR) is 59.4 cm³/mol. The Morgan fingerprint density at radius 3 is 2.29 bits per heavy atom. The van der Waals surface area contributed by atoms with E-state index in [4.69, 9.17) is 4.74 Å². The molecule has 0 spiro atoms. The van der Waals surface area contributed by atoms with Gasteiger partial charge in [-0.15, -0.1) is 0 Å². The van der Waals surface area contributed by atoms with Crippen LogP contribution in [0.15, 0.2) is 18.2 Å². The van der Waals surface area contributed by atoms with E-state index in [0.717, 1.165) is 12.1 Å². The maximum Gasteiger partial charge on any atom is 0.407 e. The molecule has 0 saturated carbocycles. The zero-order valence-corrected chi connectivity index (χ0v) is 10.0. The van der Waals surface area contributed by atoms with Crippen LogP contribution in [0.25, 0.3) is 0 Å². The molecule has 0 atom stereocenters. The van der Waals surface area contributed by atoms with Crippen molar-refractivity contribution < 1.29 is 18.3 Å². The Labute approximate surface area is 98.8 Å². The number of hydrogen-bond donors (Lipinski definition) is 1. The van der Waals surface area contributed by atoms with Crippen molar-refractivity contribution in [2.75, 3.05) is 0 Å². The van der Waals surface area contributed by atoms with Gasteiger partial charge in [0, 0.05) is 5.56 Å². The summed E-state index contributed by atoms with van der Waals surface area (Å²) in [4.78, 5) is 11.3. The molecule has 0 unspecified atom stereocenters. The van der Waals surface area contributed by atoms with Crippen molar-refractivity contribution in [3.63, 3.8) is 0 Å². The smallest absolute Gasteiger partial charge is 0.407 e. The van der Waals surface area contributed by atoms with Gasteiger partial charge in [0.2, 0.25) is 0 Å². The van der Waals surface area contributed by atoms with Gasteiger partial charge >= 0.3 is 6.09 Å². The highest BCUT2D eigenvalue weighted by atomic mass is 19.1. The lowest BCUT2D eigenvalue weighted by Gasteiger charge is -2.19.